The average molecular weight is 234 g/mol. The zero-order chi connectivity index (χ0) is 12.8. The molecule has 0 saturated carbocycles. The minimum atomic E-state index is 0.453. The van der Waals surface area contributed by atoms with Crippen molar-refractivity contribution in [3.63, 3.8) is 0 Å². The van der Waals surface area contributed by atoms with Gasteiger partial charge in [0.2, 0.25) is 0 Å². The summed E-state index contributed by atoms with van der Waals surface area (Å²) in [4.78, 5) is 2.44. The SMILES string of the molecule is CCN(CC)CC(CN)c1ccc(C)c(C)c1. The summed E-state index contributed by atoms with van der Waals surface area (Å²) < 4.78 is 0. The fourth-order valence-electron chi connectivity index (χ4n) is 2.13. The lowest BCUT2D eigenvalue weighted by molar-refractivity contribution is 0.284. The molecule has 1 aromatic rings. The molecule has 0 aliphatic rings. The normalized spacial score (nSPS) is 13.1. The van der Waals surface area contributed by atoms with E-state index in [0.717, 1.165) is 26.2 Å². The van der Waals surface area contributed by atoms with Crippen LogP contribution in [-0.2, 0) is 0 Å². The Morgan fingerprint density at radius 3 is 2.24 bits per heavy atom. The summed E-state index contributed by atoms with van der Waals surface area (Å²) in [5, 5.41) is 0. The molecule has 17 heavy (non-hydrogen) atoms. The van der Waals surface area contributed by atoms with Gasteiger partial charge < -0.3 is 10.6 Å². The van der Waals surface area contributed by atoms with Crippen LogP contribution in [-0.4, -0.2) is 31.1 Å². The third-order valence-electron chi connectivity index (χ3n) is 3.66. The van der Waals surface area contributed by atoms with Crippen LogP contribution in [0.2, 0.25) is 0 Å². The molecule has 1 unspecified atom stereocenters. The smallest absolute Gasteiger partial charge is 0.00889 e. The first kappa shape index (κ1) is 14.2. The Morgan fingerprint density at radius 1 is 1.12 bits per heavy atom. The van der Waals surface area contributed by atoms with E-state index >= 15 is 0 Å². The average Bonchev–Trinajstić information content (AvgIpc) is 2.35. The summed E-state index contributed by atoms with van der Waals surface area (Å²) in [5.41, 5.74) is 10.0. The molecule has 1 aromatic carbocycles. The van der Waals surface area contributed by atoms with Crippen LogP contribution in [0.25, 0.3) is 0 Å². The highest BCUT2D eigenvalue weighted by atomic mass is 15.1. The van der Waals surface area contributed by atoms with Crippen molar-refractivity contribution in [1.29, 1.82) is 0 Å². The molecule has 0 aliphatic heterocycles. The zero-order valence-corrected chi connectivity index (χ0v) is 11.7. The van der Waals surface area contributed by atoms with Crippen LogP contribution in [0.4, 0.5) is 0 Å². The molecule has 2 N–H and O–H groups in total. The Labute approximate surface area is 106 Å². The van der Waals surface area contributed by atoms with E-state index < -0.39 is 0 Å². The fourth-order valence-corrected chi connectivity index (χ4v) is 2.13. The monoisotopic (exact) mass is 234 g/mol. The summed E-state index contributed by atoms with van der Waals surface area (Å²) in [6.45, 7) is 12.7. The van der Waals surface area contributed by atoms with Gasteiger partial charge in [0.1, 0.15) is 0 Å². The number of likely N-dealkylation sites (N-methyl/N-ethyl adjacent to an activating group) is 1. The third kappa shape index (κ3) is 3.83. The van der Waals surface area contributed by atoms with E-state index in [2.05, 4.69) is 50.8 Å². The molecule has 0 aliphatic carbocycles. The van der Waals surface area contributed by atoms with Crippen molar-refractivity contribution >= 4 is 0 Å². The van der Waals surface area contributed by atoms with Gasteiger partial charge in [-0.25, -0.2) is 0 Å². The summed E-state index contributed by atoms with van der Waals surface area (Å²) in [6.07, 6.45) is 0. The predicted octanol–water partition coefficient (Wildman–Crippen LogP) is 2.69. The molecule has 0 amide bonds. The molecule has 0 heterocycles. The van der Waals surface area contributed by atoms with E-state index in [-0.39, 0.29) is 0 Å². The topological polar surface area (TPSA) is 29.3 Å². The summed E-state index contributed by atoms with van der Waals surface area (Å²) in [6, 6.07) is 6.72. The number of aryl methyl sites for hydroxylation is 2. The molecule has 96 valence electrons. The highest BCUT2D eigenvalue weighted by Gasteiger charge is 2.13. The van der Waals surface area contributed by atoms with Crippen molar-refractivity contribution in [1.82, 2.24) is 4.90 Å². The van der Waals surface area contributed by atoms with Crippen molar-refractivity contribution in [2.45, 2.75) is 33.6 Å². The number of hydrogen-bond donors (Lipinski definition) is 1. The molecule has 2 nitrogen and oxygen atoms in total. The molecule has 0 aromatic heterocycles. The second kappa shape index (κ2) is 6.77. The molecular weight excluding hydrogens is 208 g/mol. The maximum Gasteiger partial charge on any atom is 0.00889 e. The molecule has 0 fully saturated rings. The number of hydrogen-bond acceptors (Lipinski definition) is 2. The van der Waals surface area contributed by atoms with Crippen LogP contribution in [0.1, 0.15) is 36.5 Å². The third-order valence-corrected chi connectivity index (χ3v) is 3.66. The standard InChI is InChI=1S/C15H26N2/c1-5-17(6-2)11-15(10-16)14-8-7-12(3)13(4)9-14/h7-9,15H,5-6,10-11,16H2,1-4H3. The first-order valence-corrected chi connectivity index (χ1v) is 6.61. The molecule has 1 rings (SSSR count). The van der Waals surface area contributed by atoms with Crippen molar-refractivity contribution < 1.29 is 0 Å². The van der Waals surface area contributed by atoms with Gasteiger partial charge in [-0.3, -0.25) is 0 Å². The van der Waals surface area contributed by atoms with Gasteiger partial charge in [0.15, 0.2) is 0 Å². The second-order valence-electron chi connectivity index (χ2n) is 4.76. The van der Waals surface area contributed by atoms with Crippen LogP contribution in [0.15, 0.2) is 18.2 Å². The summed E-state index contributed by atoms with van der Waals surface area (Å²) in [5.74, 6) is 0.453. The summed E-state index contributed by atoms with van der Waals surface area (Å²) in [7, 11) is 0. The van der Waals surface area contributed by atoms with E-state index in [0.29, 0.717) is 5.92 Å². The van der Waals surface area contributed by atoms with E-state index in [9.17, 15) is 0 Å². The number of rotatable bonds is 6. The first-order valence-electron chi connectivity index (χ1n) is 6.61. The lowest BCUT2D eigenvalue weighted by Crippen LogP contribution is -2.31. The lowest BCUT2D eigenvalue weighted by Gasteiger charge is -2.25. The van der Waals surface area contributed by atoms with Gasteiger partial charge in [-0.15, -0.1) is 0 Å². The van der Waals surface area contributed by atoms with Crippen molar-refractivity contribution in [2.24, 2.45) is 5.73 Å². The fraction of sp³-hybridized carbons (Fsp3) is 0.600. The minimum absolute atomic E-state index is 0.453. The first-order chi connectivity index (χ1) is 8.12. The van der Waals surface area contributed by atoms with Gasteiger partial charge in [-0.1, -0.05) is 32.0 Å². The maximum absolute atomic E-state index is 5.92. The van der Waals surface area contributed by atoms with Crippen LogP contribution in [0.5, 0.6) is 0 Å². The molecule has 2 heteroatoms. The molecular formula is C15H26N2. The van der Waals surface area contributed by atoms with Gasteiger partial charge in [0.05, 0.1) is 0 Å². The van der Waals surface area contributed by atoms with Crippen LogP contribution >= 0.6 is 0 Å². The Hall–Kier alpha value is -0.860. The molecule has 0 bridgehead atoms. The molecule has 0 saturated heterocycles. The Balaban J connectivity index is 2.82. The quantitative estimate of drug-likeness (QED) is 0.820. The molecule has 0 radical (unpaired) electrons. The van der Waals surface area contributed by atoms with Gasteiger partial charge in [-0.05, 0) is 43.6 Å². The highest BCUT2D eigenvalue weighted by Crippen LogP contribution is 2.19. The molecule has 0 spiro atoms. The van der Waals surface area contributed by atoms with Crippen molar-refractivity contribution in [3.05, 3.63) is 34.9 Å². The van der Waals surface area contributed by atoms with Crippen molar-refractivity contribution in [2.75, 3.05) is 26.2 Å². The zero-order valence-electron chi connectivity index (χ0n) is 11.7. The van der Waals surface area contributed by atoms with Crippen LogP contribution in [0, 0.1) is 13.8 Å². The minimum Gasteiger partial charge on any atom is -0.330 e. The van der Waals surface area contributed by atoms with E-state index in [4.69, 9.17) is 5.73 Å². The van der Waals surface area contributed by atoms with E-state index in [1.807, 2.05) is 0 Å². The maximum atomic E-state index is 5.92. The highest BCUT2D eigenvalue weighted by molar-refractivity contribution is 5.32. The van der Waals surface area contributed by atoms with Gasteiger partial charge in [0.25, 0.3) is 0 Å². The Bertz CT molecular complexity index is 343. The van der Waals surface area contributed by atoms with Crippen molar-refractivity contribution in [3.8, 4) is 0 Å². The molecule has 1 atom stereocenters. The summed E-state index contributed by atoms with van der Waals surface area (Å²) >= 11 is 0. The van der Waals surface area contributed by atoms with Gasteiger partial charge >= 0.3 is 0 Å². The van der Waals surface area contributed by atoms with Crippen LogP contribution in [0.3, 0.4) is 0 Å². The predicted molar refractivity (Wildman–Crippen MR) is 75.5 cm³/mol. The number of benzene rings is 1. The van der Waals surface area contributed by atoms with E-state index in [1.165, 1.54) is 16.7 Å². The number of nitrogens with two attached hydrogens (primary N) is 1. The number of nitrogens with zero attached hydrogens (tertiary/aromatic N) is 1. The Kier molecular flexibility index (Phi) is 5.66. The Morgan fingerprint density at radius 2 is 1.76 bits per heavy atom. The second-order valence-corrected chi connectivity index (χ2v) is 4.76. The van der Waals surface area contributed by atoms with E-state index in [1.54, 1.807) is 0 Å². The lowest BCUT2D eigenvalue weighted by atomic mass is 9.95. The van der Waals surface area contributed by atoms with Gasteiger partial charge in [0, 0.05) is 19.0 Å². The largest absolute Gasteiger partial charge is 0.330 e. The van der Waals surface area contributed by atoms with Gasteiger partial charge in [-0.2, -0.15) is 0 Å². The van der Waals surface area contributed by atoms with Crippen LogP contribution < -0.4 is 5.73 Å².